The number of rotatable bonds is 22. The maximum absolute atomic E-state index is 9.72. The molecular weight excluding hydrogens is 406 g/mol. The van der Waals surface area contributed by atoms with Gasteiger partial charge in [0, 0.05) is 19.7 Å². The third-order valence-electron chi connectivity index (χ3n) is 6.13. The first-order chi connectivity index (χ1) is 15.5. The highest BCUT2D eigenvalue weighted by Gasteiger charge is 2.40. The predicted octanol–water partition coefficient (Wildman–Crippen LogP) is 4.95. The molecule has 1 rings (SSSR count). The molecule has 3 atom stereocenters. The molecule has 0 spiro atoms. The van der Waals surface area contributed by atoms with Crippen LogP contribution in [0.5, 0.6) is 0 Å². The van der Waals surface area contributed by atoms with Gasteiger partial charge in [0.05, 0.1) is 31.5 Å². The Morgan fingerprint density at radius 3 is 1.94 bits per heavy atom. The van der Waals surface area contributed by atoms with Gasteiger partial charge in [0.1, 0.15) is 0 Å². The van der Waals surface area contributed by atoms with Gasteiger partial charge < -0.3 is 29.7 Å². The molecular formula is C26H53NO5. The summed E-state index contributed by atoms with van der Waals surface area (Å²) in [4.78, 5) is 0. The van der Waals surface area contributed by atoms with Gasteiger partial charge in [-0.25, -0.2) is 0 Å². The summed E-state index contributed by atoms with van der Waals surface area (Å²) >= 11 is 0. The molecule has 1 aliphatic heterocycles. The summed E-state index contributed by atoms with van der Waals surface area (Å²) in [5, 5.41) is 21.4. The summed E-state index contributed by atoms with van der Waals surface area (Å²) in [6.07, 6.45) is 17.4. The van der Waals surface area contributed by atoms with Crippen molar-refractivity contribution in [1.29, 1.82) is 0 Å². The largest absolute Gasteiger partial charge is 0.395 e. The number of unbranched alkanes of at least 4 members (excludes halogenated alkanes) is 10. The lowest BCUT2D eigenvalue weighted by atomic mass is 9.99. The Hall–Kier alpha value is -0.240. The number of aliphatic hydroxyl groups is 2. The van der Waals surface area contributed by atoms with Crippen LogP contribution in [0.2, 0.25) is 0 Å². The molecule has 32 heavy (non-hydrogen) atoms. The Balaban J connectivity index is 2.00. The van der Waals surface area contributed by atoms with Crippen molar-refractivity contribution in [2.24, 2.45) is 0 Å². The summed E-state index contributed by atoms with van der Waals surface area (Å²) in [6.45, 7) is 8.49. The van der Waals surface area contributed by atoms with Crippen LogP contribution in [0.4, 0.5) is 0 Å². The van der Waals surface area contributed by atoms with Crippen LogP contribution < -0.4 is 5.32 Å². The lowest BCUT2D eigenvalue weighted by Crippen LogP contribution is -2.32. The maximum Gasteiger partial charge on any atom is 0.163 e. The van der Waals surface area contributed by atoms with Gasteiger partial charge >= 0.3 is 0 Å². The van der Waals surface area contributed by atoms with E-state index < -0.39 is 11.9 Å². The lowest BCUT2D eigenvalue weighted by molar-refractivity contribution is -0.147. The Morgan fingerprint density at radius 2 is 1.38 bits per heavy atom. The zero-order valence-corrected chi connectivity index (χ0v) is 21.3. The van der Waals surface area contributed by atoms with E-state index in [1.807, 2.05) is 13.8 Å². The third kappa shape index (κ3) is 15.6. The van der Waals surface area contributed by atoms with E-state index in [0.717, 1.165) is 19.3 Å². The number of ether oxygens (including phenoxy) is 3. The van der Waals surface area contributed by atoms with E-state index in [2.05, 4.69) is 12.2 Å². The second-order valence-electron chi connectivity index (χ2n) is 9.84. The van der Waals surface area contributed by atoms with Crippen molar-refractivity contribution in [1.82, 2.24) is 5.32 Å². The number of nitrogens with one attached hydrogen (secondary N) is 1. The van der Waals surface area contributed by atoms with Crippen molar-refractivity contribution in [3.8, 4) is 0 Å². The van der Waals surface area contributed by atoms with Gasteiger partial charge in [-0.05, 0) is 33.1 Å². The van der Waals surface area contributed by atoms with E-state index >= 15 is 0 Å². The SMILES string of the molecule is CCCCCCCCC1OC(C)(C)OC1CCCCCCCCOCC(O)CNCCO. The average molecular weight is 460 g/mol. The van der Waals surface area contributed by atoms with Gasteiger partial charge in [-0.2, -0.15) is 0 Å². The van der Waals surface area contributed by atoms with E-state index in [4.69, 9.17) is 19.3 Å². The number of hydrogen-bond donors (Lipinski definition) is 3. The summed E-state index contributed by atoms with van der Waals surface area (Å²) < 4.78 is 17.9. The molecule has 192 valence electrons. The quantitative estimate of drug-likeness (QED) is 0.199. The zero-order valence-electron chi connectivity index (χ0n) is 21.3. The molecule has 1 fully saturated rings. The Bertz CT molecular complexity index is 421. The van der Waals surface area contributed by atoms with E-state index in [1.165, 1.54) is 70.6 Å². The highest BCUT2D eigenvalue weighted by molar-refractivity contribution is 4.81. The Kier molecular flexibility index (Phi) is 17.8. The molecule has 0 aromatic carbocycles. The highest BCUT2D eigenvalue weighted by atomic mass is 16.7. The van der Waals surface area contributed by atoms with E-state index in [1.54, 1.807) is 0 Å². The fraction of sp³-hybridized carbons (Fsp3) is 1.00. The standard InChI is InChI=1S/C26H53NO5/c1-4-5-6-7-10-13-16-24-25(32-26(2,3)31-24)17-14-11-8-9-12-15-20-30-22-23(29)21-27-18-19-28/h23-25,27-29H,4-22H2,1-3H3. The van der Waals surface area contributed by atoms with Crippen LogP contribution in [0.1, 0.15) is 111 Å². The van der Waals surface area contributed by atoms with E-state index in [-0.39, 0.29) is 18.8 Å². The van der Waals surface area contributed by atoms with Crippen molar-refractivity contribution < 1.29 is 24.4 Å². The van der Waals surface area contributed by atoms with E-state index in [0.29, 0.717) is 26.3 Å². The van der Waals surface area contributed by atoms with Crippen LogP contribution in [0.3, 0.4) is 0 Å². The second kappa shape index (κ2) is 19.1. The van der Waals surface area contributed by atoms with Gasteiger partial charge in [-0.1, -0.05) is 77.6 Å². The molecule has 0 radical (unpaired) electrons. The van der Waals surface area contributed by atoms with Gasteiger partial charge in [0.15, 0.2) is 5.79 Å². The predicted molar refractivity (Wildman–Crippen MR) is 131 cm³/mol. The molecule has 0 saturated carbocycles. The van der Waals surface area contributed by atoms with Crippen molar-refractivity contribution in [2.45, 2.75) is 135 Å². The fourth-order valence-electron chi connectivity index (χ4n) is 4.41. The molecule has 0 aromatic heterocycles. The van der Waals surface area contributed by atoms with Crippen molar-refractivity contribution in [2.75, 3.05) is 32.9 Å². The molecule has 1 aliphatic rings. The monoisotopic (exact) mass is 459 g/mol. The minimum absolute atomic E-state index is 0.0901. The highest BCUT2D eigenvalue weighted by Crippen LogP contribution is 2.33. The van der Waals surface area contributed by atoms with Crippen LogP contribution >= 0.6 is 0 Å². The first kappa shape index (κ1) is 29.8. The maximum atomic E-state index is 9.72. The van der Waals surface area contributed by atoms with Gasteiger partial charge in [0.2, 0.25) is 0 Å². The van der Waals surface area contributed by atoms with Crippen molar-refractivity contribution >= 4 is 0 Å². The van der Waals surface area contributed by atoms with Gasteiger partial charge in [-0.15, -0.1) is 0 Å². The average Bonchev–Trinajstić information content (AvgIpc) is 3.05. The molecule has 6 heteroatoms. The summed E-state index contributed by atoms with van der Waals surface area (Å²) in [5.74, 6) is -0.431. The molecule has 0 amide bonds. The third-order valence-corrected chi connectivity index (χ3v) is 6.13. The minimum Gasteiger partial charge on any atom is -0.395 e. The van der Waals surface area contributed by atoms with Gasteiger partial charge in [-0.3, -0.25) is 0 Å². The molecule has 1 saturated heterocycles. The summed E-state index contributed by atoms with van der Waals surface area (Å²) in [7, 11) is 0. The lowest BCUT2D eigenvalue weighted by Gasteiger charge is -2.16. The van der Waals surface area contributed by atoms with Crippen LogP contribution in [0.25, 0.3) is 0 Å². The van der Waals surface area contributed by atoms with E-state index in [9.17, 15) is 5.11 Å². The molecule has 3 N–H and O–H groups in total. The van der Waals surface area contributed by atoms with Crippen molar-refractivity contribution in [3.63, 3.8) is 0 Å². The first-order valence-electron chi connectivity index (χ1n) is 13.4. The normalized spacial score (nSPS) is 21.3. The summed E-state index contributed by atoms with van der Waals surface area (Å²) in [6, 6.07) is 0. The van der Waals surface area contributed by atoms with Crippen LogP contribution in [0.15, 0.2) is 0 Å². The molecule has 0 aromatic rings. The minimum atomic E-state index is -0.502. The van der Waals surface area contributed by atoms with Crippen LogP contribution in [-0.2, 0) is 14.2 Å². The molecule has 3 unspecified atom stereocenters. The molecule has 0 aliphatic carbocycles. The first-order valence-corrected chi connectivity index (χ1v) is 13.4. The Labute approximate surface area is 197 Å². The van der Waals surface area contributed by atoms with Crippen LogP contribution in [0, 0.1) is 0 Å². The zero-order chi connectivity index (χ0) is 23.5. The Morgan fingerprint density at radius 1 is 0.844 bits per heavy atom. The van der Waals surface area contributed by atoms with Crippen molar-refractivity contribution in [3.05, 3.63) is 0 Å². The van der Waals surface area contributed by atoms with Crippen LogP contribution in [-0.4, -0.2) is 67.2 Å². The topological polar surface area (TPSA) is 80.2 Å². The molecule has 1 heterocycles. The molecule has 6 nitrogen and oxygen atoms in total. The second-order valence-corrected chi connectivity index (χ2v) is 9.84. The number of hydrogen-bond acceptors (Lipinski definition) is 6. The fourth-order valence-corrected chi connectivity index (χ4v) is 4.41. The smallest absolute Gasteiger partial charge is 0.163 e. The summed E-state index contributed by atoms with van der Waals surface area (Å²) in [5.41, 5.74) is 0. The molecule has 0 bridgehead atoms. The van der Waals surface area contributed by atoms with Gasteiger partial charge in [0.25, 0.3) is 0 Å². The number of aliphatic hydroxyl groups excluding tert-OH is 2.